The summed E-state index contributed by atoms with van der Waals surface area (Å²) in [5.41, 5.74) is 0. The van der Waals surface area contributed by atoms with E-state index < -0.39 is 9.84 Å². The van der Waals surface area contributed by atoms with E-state index in [2.05, 4.69) is 15.0 Å². The minimum atomic E-state index is -3.15. The van der Waals surface area contributed by atoms with Gasteiger partial charge in [-0.25, -0.2) is 18.2 Å². The highest BCUT2D eigenvalue weighted by Crippen LogP contribution is 2.28. The maximum Gasteiger partial charge on any atom is 0.319 e. The summed E-state index contributed by atoms with van der Waals surface area (Å²) in [6, 6.07) is -0.617. The van der Waals surface area contributed by atoms with Crippen molar-refractivity contribution < 1.29 is 13.2 Å². The first-order chi connectivity index (χ1) is 11.2. The molecule has 0 bridgehead atoms. The number of hydrogen-bond acceptors (Lipinski definition) is 6. The maximum absolute atomic E-state index is 12.4. The molecular formula is C14H24N6O3S. The monoisotopic (exact) mass is 356 g/mol. The van der Waals surface area contributed by atoms with Crippen LogP contribution in [0.2, 0.25) is 0 Å². The summed E-state index contributed by atoms with van der Waals surface area (Å²) in [6.45, 7) is 3.52. The van der Waals surface area contributed by atoms with Crippen molar-refractivity contribution in [3.63, 3.8) is 0 Å². The second-order valence-corrected chi connectivity index (χ2v) is 8.91. The molecule has 2 aliphatic rings. The standard InChI is InChI=1S/C14H24N6O3S/c1-10-15-13(18(4)16-10)7-19-5-6-20(14(21)17(2)3)12-9-24(22,23)8-11(12)19/h11-12H,5-9H2,1-4H3/t11-,12+/m1/s1. The number of carbonyl (C=O) groups is 1. The Kier molecular flexibility index (Phi) is 4.28. The number of aryl methyl sites for hydroxylation is 2. The lowest BCUT2D eigenvalue weighted by atomic mass is 10.1. The van der Waals surface area contributed by atoms with Crippen LogP contribution in [0.25, 0.3) is 0 Å². The molecule has 0 spiro atoms. The smallest absolute Gasteiger partial charge is 0.319 e. The molecule has 0 aliphatic carbocycles. The van der Waals surface area contributed by atoms with Gasteiger partial charge >= 0.3 is 6.03 Å². The fourth-order valence-corrected chi connectivity index (χ4v) is 5.60. The van der Waals surface area contributed by atoms with Gasteiger partial charge in [0.25, 0.3) is 0 Å². The predicted octanol–water partition coefficient (Wildman–Crippen LogP) is -0.912. The number of piperazine rings is 1. The van der Waals surface area contributed by atoms with Gasteiger partial charge in [0.2, 0.25) is 0 Å². The number of carbonyl (C=O) groups excluding carboxylic acids is 1. The third kappa shape index (κ3) is 3.12. The molecule has 2 atom stereocenters. The lowest BCUT2D eigenvalue weighted by Gasteiger charge is -2.44. The first-order valence-electron chi connectivity index (χ1n) is 7.97. The summed E-state index contributed by atoms with van der Waals surface area (Å²) in [4.78, 5) is 22.1. The molecule has 1 aromatic rings. The number of hydrogen-bond donors (Lipinski definition) is 0. The number of nitrogens with zero attached hydrogens (tertiary/aromatic N) is 6. The molecule has 2 aliphatic heterocycles. The molecule has 0 unspecified atom stereocenters. The van der Waals surface area contributed by atoms with E-state index in [1.165, 1.54) is 4.90 Å². The van der Waals surface area contributed by atoms with Crippen LogP contribution >= 0.6 is 0 Å². The van der Waals surface area contributed by atoms with E-state index in [1.54, 1.807) is 23.7 Å². The molecule has 24 heavy (non-hydrogen) atoms. The summed E-state index contributed by atoms with van der Waals surface area (Å²) in [5, 5.41) is 4.25. The van der Waals surface area contributed by atoms with Crippen molar-refractivity contribution in [2.75, 3.05) is 38.7 Å². The number of sulfone groups is 1. The molecule has 3 heterocycles. The molecule has 0 aromatic carbocycles. The van der Waals surface area contributed by atoms with E-state index in [9.17, 15) is 13.2 Å². The normalized spacial score (nSPS) is 26.4. The van der Waals surface area contributed by atoms with Crippen molar-refractivity contribution in [1.82, 2.24) is 29.5 Å². The summed E-state index contributed by atoms with van der Waals surface area (Å²) in [6.07, 6.45) is 0. The Hall–Kier alpha value is -1.68. The van der Waals surface area contributed by atoms with E-state index >= 15 is 0 Å². The minimum absolute atomic E-state index is 0.0333. The van der Waals surface area contributed by atoms with E-state index in [1.807, 2.05) is 14.0 Å². The SMILES string of the molecule is Cc1nc(CN2CCN(C(=O)N(C)C)[C@H]3CS(=O)(=O)C[C@H]32)n(C)n1. The largest absolute Gasteiger partial charge is 0.331 e. The number of urea groups is 1. The third-order valence-electron chi connectivity index (χ3n) is 4.72. The Labute approximate surface area is 142 Å². The summed E-state index contributed by atoms with van der Waals surface area (Å²) < 4.78 is 26.1. The second-order valence-electron chi connectivity index (χ2n) is 6.75. The molecule has 2 amide bonds. The molecule has 3 rings (SSSR count). The van der Waals surface area contributed by atoms with Gasteiger partial charge in [-0.3, -0.25) is 9.58 Å². The van der Waals surface area contributed by atoms with Gasteiger partial charge in [-0.2, -0.15) is 5.10 Å². The number of amides is 2. The molecular weight excluding hydrogens is 332 g/mol. The molecule has 0 saturated carbocycles. The van der Waals surface area contributed by atoms with Crippen molar-refractivity contribution in [2.45, 2.75) is 25.6 Å². The van der Waals surface area contributed by atoms with Crippen LogP contribution < -0.4 is 0 Å². The van der Waals surface area contributed by atoms with E-state index in [0.29, 0.717) is 25.5 Å². The predicted molar refractivity (Wildman–Crippen MR) is 88.2 cm³/mol. The highest BCUT2D eigenvalue weighted by atomic mass is 32.2. The first-order valence-corrected chi connectivity index (χ1v) is 9.79. The highest BCUT2D eigenvalue weighted by molar-refractivity contribution is 7.91. The van der Waals surface area contributed by atoms with Gasteiger partial charge in [0.1, 0.15) is 11.6 Å². The number of rotatable bonds is 2. The summed E-state index contributed by atoms with van der Waals surface area (Å²) in [5.74, 6) is 1.63. The van der Waals surface area contributed by atoms with Gasteiger partial charge in [-0.1, -0.05) is 0 Å². The van der Waals surface area contributed by atoms with Gasteiger partial charge in [-0.05, 0) is 6.92 Å². The van der Waals surface area contributed by atoms with Gasteiger partial charge < -0.3 is 9.80 Å². The van der Waals surface area contributed by atoms with Crippen molar-refractivity contribution in [2.24, 2.45) is 7.05 Å². The van der Waals surface area contributed by atoms with E-state index in [0.717, 1.165) is 5.82 Å². The first kappa shape index (κ1) is 17.2. The lowest BCUT2D eigenvalue weighted by Crippen LogP contribution is -2.61. The van der Waals surface area contributed by atoms with Crippen molar-refractivity contribution >= 4 is 15.9 Å². The minimum Gasteiger partial charge on any atom is -0.331 e. The fourth-order valence-electron chi connectivity index (χ4n) is 3.59. The van der Waals surface area contributed by atoms with Gasteiger partial charge in [-0.15, -0.1) is 0 Å². The number of fused-ring (bicyclic) bond motifs is 1. The van der Waals surface area contributed by atoms with Crippen LogP contribution in [-0.2, 0) is 23.4 Å². The molecule has 0 N–H and O–H groups in total. The molecule has 9 nitrogen and oxygen atoms in total. The molecule has 134 valence electrons. The van der Waals surface area contributed by atoms with E-state index in [4.69, 9.17) is 0 Å². The summed E-state index contributed by atoms with van der Waals surface area (Å²) in [7, 11) is 2.07. The van der Waals surface area contributed by atoms with Crippen molar-refractivity contribution in [1.29, 1.82) is 0 Å². The van der Waals surface area contributed by atoms with Crippen molar-refractivity contribution in [3.8, 4) is 0 Å². The average Bonchev–Trinajstić information content (AvgIpc) is 2.96. The molecule has 1 aromatic heterocycles. The zero-order valence-corrected chi connectivity index (χ0v) is 15.3. The fraction of sp³-hybridized carbons (Fsp3) is 0.786. The Balaban J connectivity index is 1.84. The van der Waals surface area contributed by atoms with Crippen LogP contribution in [-0.4, -0.2) is 94.7 Å². The van der Waals surface area contributed by atoms with Gasteiger partial charge in [0.05, 0.1) is 24.1 Å². The van der Waals surface area contributed by atoms with Crippen LogP contribution in [0.3, 0.4) is 0 Å². The van der Waals surface area contributed by atoms with Gasteiger partial charge in [0, 0.05) is 40.3 Å². The lowest BCUT2D eigenvalue weighted by molar-refractivity contribution is 0.0499. The zero-order chi connectivity index (χ0) is 17.6. The Morgan fingerprint density at radius 2 is 1.92 bits per heavy atom. The number of aromatic nitrogens is 3. The van der Waals surface area contributed by atoms with Crippen LogP contribution in [0.1, 0.15) is 11.6 Å². The molecule has 2 fully saturated rings. The van der Waals surface area contributed by atoms with Crippen LogP contribution in [0.15, 0.2) is 0 Å². The topological polar surface area (TPSA) is 91.6 Å². The van der Waals surface area contributed by atoms with E-state index in [-0.39, 0.29) is 29.6 Å². The quantitative estimate of drug-likeness (QED) is 0.681. The highest BCUT2D eigenvalue weighted by Gasteiger charge is 2.48. The Morgan fingerprint density at radius 3 is 2.50 bits per heavy atom. The molecule has 10 heteroatoms. The van der Waals surface area contributed by atoms with Gasteiger partial charge in [0.15, 0.2) is 9.84 Å². The second kappa shape index (κ2) is 5.99. The van der Waals surface area contributed by atoms with Crippen molar-refractivity contribution in [3.05, 3.63) is 11.6 Å². The van der Waals surface area contributed by atoms with Crippen LogP contribution in [0.4, 0.5) is 4.79 Å². The maximum atomic E-state index is 12.4. The molecule has 0 radical (unpaired) electrons. The van der Waals surface area contributed by atoms with Crippen LogP contribution in [0.5, 0.6) is 0 Å². The Morgan fingerprint density at radius 1 is 1.25 bits per heavy atom. The summed E-state index contributed by atoms with van der Waals surface area (Å²) >= 11 is 0. The third-order valence-corrected chi connectivity index (χ3v) is 6.42. The van der Waals surface area contributed by atoms with Crippen LogP contribution in [0, 0.1) is 6.92 Å². The average molecular weight is 356 g/mol. The Bertz CT molecular complexity index is 744. The zero-order valence-electron chi connectivity index (χ0n) is 14.5. The molecule has 2 saturated heterocycles.